The topological polar surface area (TPSA) is 133 Å². The highest BCUT2D eigenvalue weighted by Crippen LogP contribution is 2.34. The molecular weight excluding hydrogens is 458 g/mol. The molecule has 2 fully saturated rings. The Morgan fingerprint density at radius 1 is 1.23 bits per heavy atom. The molecule has 180 valence electrons. The van der Waals surface area contributed by atoms with Gasteiger partial charge in [0.25, 0.3) is 5.92 Å². The number of halogens is 2. The van der Waals surface area contributed by atoms with Crippen LogP contribution in [0.2, 0.25) is 0 Å². The lowest BCUT2D eigenvalue weighted by atomic mass is 10.0. The fourth-order valence-electron chi connectivity index (χ4n) is 3.98. The van der Waals surface area contributed by atoms with Crippen molar-refractivity contribution in [1.82, 2.24) is 30.0 Å². The molecule has 1 atom stereocenters. The Hall–Kier alpha value is -3.98. The molecule has 5 rings (SSSR count). The van der Waals surface area contributed by atoms with E-state index in [2.05, 4.69) is 30.5 Å². The van der Waals surface area contributed by atoms with Crippen molar-refractivity contribution < 1.29 is 18.3 Å². The predicted octanol–water partition coefficient (Wildman–Crippen LogP) is 2.77. The number of aromatic nitrogens is 5. The normalized spacial score (nSPS) is 19.6. The second kappa shape index (κ2) is 9.34. The van der Waals surface area contributed by atoms with Crippen LogP contribution in [0.1, 0.15) is 30.7 Å². The largest absolute Gasteiger partial charge is 0.483 e. The van der Waals surface area contributed by atoms with Crippen LogP contribution in [0.3, 0.4) is 0 Å². The van der Waals surface area contributed by atoms with Gasteiger partial charge in [-0.25, -0.2) is 23.7 Å². The summed E-state index contributed by atoms with van der Waals surface area (Å²) in [5.41, 5.74) is 1.18. The number of piperidine rings is 1. The Labute approximate surface area is 199 Å². The van der Waals surface area contributed by atoms with Gasteiger partial charge in [-0.1, -0.05) is 0 Å². The molecule has 1 amide bonds. The maximum atomic E-state index is 14.9. The van der Waals surface area contributed by atoms with E-state index in [1.165, 1.54) is 24.8 Å². The smallest absolute Gasteiger partial charge is 0.296 e. The number of aromatic amines is 1. The number of ether oxygens (including phenoxy) is 1. The van der Waals surface area contributed by atoms with Crippen molar-refractivity contribution in [2.75, 3.05) is 18.4 Å². The van der Waals surface area contributed by atoms with Gasteiger partial charge < -0.3 is 10.1 Å². The van der Waals surface area contributed by atoms with Crippen LogP contribution in [0.4, 0.5) is 14.6 Å². The average molecular weight is 480 g/mol. The van der Waals surface area contributed by atoms with Crippen LogP contribution in [0.5, 0.6) is 5.75 Å². The van der Waals surface area contributed by atoms with E-state index in [1.54, 1.807) is 17.0 Å². The highest BCUT2D eigenvalue weighted by molar-refractivity contribution is 5.93. The van der Waals surface area contributed by atoms with Gasteiger partial charge in [-0.15, -0.1) is 0 Å². The van der Waals surface area contributed by atoms with Crippen molar-refractivity contribution in [3.63, 3.8) is 0 Å². The average Bonchev–Trinajstić information content (AvgIpc) is 3.58. The van der Waals surface area contributed by atoms with E-state index < -0.39 is 18.6 Å². The van der Waals surface area contributed by atoms with E-state index in [-0.39, 0.29) is 36.1 Å². The summed E-state index contributed by atoms with van der Waals surface area (Å²) in [5.74, 6) is -2.21. The van der Waals surface area contributed by atoms with Crippen LogP contribution < -0.4 is 10.1 Å². The van der Waals surface area contributed by atoms with Gasteiger partial charge in [0.2, 0.25) is 5.91 Å². The monoisotopic (exact) mass is 480 g/mol. The first-order valence-electron chi connectivity index (χ1n) is 11.2. The molecule has 1 saturated heterocycles. The van der Waals surface area contributed by atoms with Gasteiger partial charge in [0.1, 0.15) is 36.1 Å². The van der Waals surface area contributed by atoms with E-state index in [0.717, 1.165) is 12.8 Å². The molecular formula is C23H22F2N8O2. The summed E-state index contributed by atoms with van der Waals surface area (Å²) < 4.78 is 35.4. The Morgan fingerprint density at radius 3 is 2.80 bits per heavy atom. The second-order valence-electron chi connectivity index (χ2n) is 8.67. The lowest BCUT2D eigenvalue weighted by molar-refractivity contribution is -0.141. The van der Waals surface area contributed by atoms with E-state index in [0.29, 0.717) is 29.4 Å². The van der Waals surface area contributed by atoms with Gasteiger partial charge >= 0.3 is 0 Å². The first-order chi connectivity index (χ1) is 16.9. The molecule has 0 radical (unpaired) electrons. The van der Waals surface area contributed by atoms with Gasteiger partial charge in [0.15, 0.2) is 6.10 Å². The summed E-state index contributed by atoms with van der Waals surface area (Å²) in [6, 6.07) is 8.29. The maximum absolute atomic E-state index is 14.9. The third-order valence-electron chi connectivity index (χ3n) is 5.98. The second-order valence-corrected chi connectivity index (χ2v) is 8.67. The number of hydrogen-bond acceptors (Lipinski definition) is 8. The number of rotatable bonds is 7. The summed E-state index contributed by atoms with van der Waals surface area (Å²) in [6.07, 6.45) is 3.12. The molecule has 3 heterocycles. The minimum absolute atomic E-state index is 0.0298. The molecule has 3 aromatic rings. The minimum Gasteiger partial charge on any atom is -0.483 e. The number of likely N-dealkylation sites (tertiary alicyclic amines) is 1. The van der Waals surface area contributed by atoms with E-state index in [1.807, 2.05) is 6.07 Å². The highest BCUT2D eigenvalue weighted by Gasteiger charge is 2.46. The van der Waals surface area contributed by atoms with Crippen molar-refractivity contribution in [3.8, 4) is 23.1 Å². The molecule has 2 N–H and O–H groups in total. The molecule has 2 aliphatic rings. The molecule has 0 unspecified atom stereocenters. The van der Waals surface area contributed by atoms with Crippen LogP contribution in [-0.4, -0.2) is 61.1 Å². The number of anilines is 1. The molecule has 12 heteroatoms. The fourth-order valence-corrected chi connectivity index (χ4v) is 3.98. The third-order valence-corrected chi connectivity index (χ3v) is 5.98. The summed E-state index contributed by atoms with van der Waals surface area (Å²) in [4.78, 5) is 25.9. The Morgan fingerprint density at radius 2 is 2.09 bits per heavy atom. The zero-order valence-corrected chi connectivity index (χ0v) is 18.6. The van der Waals surface area contributed by atoms with Crippen molar-refractivity contribution >= 4 is 11.7 Å². The molecule has 1 aliphatic carbocycles. The molecule has 1 aromatic carbocycles. The van der Waals surface area contributed by atoms with Crippen LogP contribution in [0, 0.1) is 17.2 Å². The number of alkyl halides is 2. The maximum Gasteiger partial charge on any atom is 0.296 e. The number of H-pyrrole nitrogens is 1. The van der Waals surface area contributed by atoms with Gasteiger partial charge in [-0.2, -0.15) is 10.4 Å². The van der Waals surface area contributed by atoms with E-state index in [9.17, 15) is 18.8 Å². The SMILES string of the molecule is N#Cc1cc(-c2cc(NC(=O)C3CC3)ncn2)ccc1O[C@H]1CCN(Cc2ncn[nH]2)CC1(F)F. The Balaban J connectivity index is 1.28. The van der Waals surface area contributed by atoms with Crippen molar-refractivity contribution in [2.24, 2.45) is 5.92 Å². The first kappa shape index (κ1) is 22.8. The van der Waals surface area contributed by atoms with E-state index >= 15 is 0 Å². The van der Waals surface area contributed by atoms with Crippen molar-refractivity contribution in [2.45, 2.75) is 37.8 Å². The number of amides is 1. The zero-order valence-electron chi connectivity index (χ0n) is 18.6. The predicted molar refractivity (Wildman–Crippen MR) is 119 cm³/mol. The molecule has 2 aromatic heterocycles. The van der Waals surface area contributed by atoms with Crippen molar-refractivity contribution in [3.05, 3.63) is 48.3 Å². The fraction of sp³-hybridized carbons (Fsp3) is 0.391. The first-order valence-corrected chi connectivity index (χ1v) is 11.2. The standard InChI is InChI=1S/C23H22F2N8O2/c24-23(25)11-33(10-21-29-13-30-32-21)6-5-19(23)35-18-4-3-15(7-16(18)9-26)17-8-20(28-12-27-17)31-22(34)14-1-2-14/h3-4,7-8,12-14,19H,1-2,5-6,10-11H2,(H,29,30,32)(H,27,28,31,34)/t19-/m0/s1. The quantitative estimate of drug-likeness (QED) is 0.528. The highest BCUT2D eigenvalue weighted by atomic mass is 19.3. The number of nitrogens with zero attached hydrogens (tertiary/aromatic N) is 6. The molecule has 0 spiro atoms. The lowest BCUT2D eigenvalue weighted by Crippen LogP contribution is -2.53. The third kappa shape index (κ3) is 5.25. The Kier molecular flexibility index (Phi) is 6.08. The van der Waals surface area contributed by atoms with Crippen LogP contribution in [0.25, 0.3) is 11.3 Å². The summed E-state index contributed by atoms with van der Waals surface area (Å²) in [7, 11) is 0. The summed E-state index contributed by atoms with van der Waals surface area (Å²) in [5, 5.41) is 18.8. The lowest BCUT2D eigenvalue weighted by Gasteiger charge is -2.37. The summed E-state index contributed by atoms with van der Waals surface area (Å²) in [6.45, 7) is 0.133. The van der Waals surface area contributed by atoms with Gasteiger partial charge in [-0.3, -0.25) is 14.8 Å². The number of carbonyl (C=O) groups excluding carboxylic acids is 1. The number of benzene rings is 1. The minimum atomic E-state index is -3.12. The zero-order chi connectivity index (χ0) is 24.4. The number of hydrogen-bond donors (Lipinski definition) is 2. The van der Waals surface area contributed by atoms with Crippen molar-refractivity contribution in [1.29, 1.82) is 5.26 Å². The van der Waals surface area contributed by atoms with Gasteiger partial charge in [-0.05, 0) is 31.0 Å². The molecule has 10 nitrogen and oxygen atoms in total. The van der Waals surface area contributed by atoms with Crippen LogP contribution in [-0.2, 0) is 11.3 Å². The summed E-state index contributed by atoms with van der Waals surface area (Å²) >= 11 is 0. The number of nitrogens with one attached hydrogen (secondary N) is 2. The number of carbonyl (C=O) groups is 1. The van der Waals surface area contributed by atoms with E-state index in [4.69, 9.17) is 4.74 Å². The molecule has 1 aliphatic heterocycles. The van der Waals surface area contributed by atoms with Gasteiger partial charge in [0, 0.05) is 30.5 Å². The van der Waals surface area contributed by atoms with Gasteiger partial charge in [0.05, 0.1) is 24.3 Å². The molecule has 35 heavy (non-hydrogen) atoms. The molecule has 1 saturated carbocycles. The molecule has 0 bridgehead atoms. The van der Waals surface area contributed by atoms with Crippen LogP contribution >= 0.6 is 0 Å². The Bertz CT molecular complexity index is 1260. The number of nitriles is 1. The van der Waals surface area contributed by atoms with Crippen LogP contribution in [0.15, 0.2) is 36.9 Å².